The van der Waals surface area contributed by atoms with Crippen molar-refractivity contribution in [1.29, 1.82) is 0 Å². The minimum atomic E-state index is -1.06. The van der Waals surface area contributed by atoms with Gasteiger partial charge in [-0.1, -0.05) is 12.1 Å². The van der Waals surface area contributed by atoms with Gasteiger partial charge in [-0.2, -0.15) is 0 Å². The smallest absolute Gasteiger partial charge is 0.320 e. The molecule has 1 atom stereocenters. The lowest BCUT2D eigenvalue weighted by atomic mass is 10.0. The number of carboxylic acid groups (broad SMARTS) is 1. The number of nitrogens with one attached hydrogen (secondary N) is 1. The van der Waals surface area contributed by atoms with Crippen LogP contribution in [0.3, 0.4) is 0 Å². The topological polar surface area (TPSA) is 185 Å². The van der Waals surface area contributed by atoms with Crippen molar-refractivity contribution in [3.63, 3.8) is 0 Å². The Morgan fingerprint density at radius 3 is 1.34 bits per heavy atom. The summed E-state index contributed by atoms with van der Waals surface area (Å²) in [7, 11) is 0. The monoisotopic (exact) mass is 834 g/mol. The third-order valence-electron chi connectivity index (χ3n) is 8.51. The van der Waals surface area contributed by atoms with Gasteiger partial charge in [-0.3, -0.25) is 48.4 Å². The lowest BCUT2D eigenvalue weighted by Crippen LogP contribution is -2.52. The average Bonchev–Trinajstić information content (AvgIpc) is 3.11. The molecule has 1 amide bonds. The number of amides is 1. The minimum Gasteiger partial charge on any atom is -0.481 e. The molecule has 1 fully saturated rings. The summed E-state index contributed by atoms with van der Waals surface area (Å²) < 4.78 is 22.8. The largest absolute Gasteiger partial charge is 0.481 e. The van der Waals surface area contributed by atoms with E-state index in [1.165, 1.54) is 0 Å². The fourth-order valence-corrected chi connectivity index (χ4v) is 6.24. The zero-order chi connectivity index (χ0) is 44.8. The first-order valence-electron chi connectivity index (χ1n) is 20.4. The molecule has 16 heteroatoms. The normalized spacial score (nSPS) is 15.9. The first-order valence-corrected chi connectivity index (χ1v) is 20.4. The van der Waals surface area contributed by atoms with Crippen LogP contribution < -0.4 is 5.32 Å². The Bertz CT molecular complexity index is 1480. The number of nitrogens with zero attached hydrogens (tertiary/aromatic N) is 4. The second-order valence-electron chi connectivity index (χ2n) is 19.1. The van der Waals surface area contributed by atoms with Crippen LogP contribution in [0.15, 0.2) is 24.3 Å². The quantitative estimate of drug-likeness (QED) is 0.170. The predicted octanol–water partition coefficient (Wildman–Crippen LogP) is 3.99. The number of aliphatic carboxylic acids is 1. The summed E-state index contributed by atoms with van der Waals surface area (Å²) in [4.78, 5) is 84.2. The van der Waals surface area contributed by atoms with Gasteiger partial charge in [-0.25, -0.2) is 0 Å². The molecule has 2 N–H and O–H groups in total. The molecule has 59 heavy (non-hydrogen) atoms. The summed E-state index contributed by atoms with van der Waals surface area (Å²) in [6, 6.07) is 6.66. The average molecular weight is 834 g/mol. The zero-order valence-electron chi connectivity index (χ0n) is 37.6. The number of esters is 4. The van der Waals surface area contributed by atoms with Crippen LogP contribution >= 0.6 is 0 Å². The number of hydrogen-bond acceptors (Lipinski definition) is 14. The second-order valence-corrected chi connectivity index (χ2v) is 19.1. The standard InChI is InChI=1S/C43H71N5O11/c1-40(2,3)56-36(52)27-46-21-19-45(20-22-47(24-23-46)28-37(53)57-41(4,5)6)26-33(25-31-13-15-32(16-14-31)44-34(49)17-18-35(50)51)48(29-38(54)58-42(7,8)9)30-39(55)59-43(10,11)12/h13-16,33H,17-30H2,1-12H3,(H,44,49)(H,50,51). The summed E-state index contributed by atoms with van der Waals surface area (Å²) in [5.74, 6) is -3.23. The molecule has 1 heterocycles. The summed E-state index contributed by atoms with van der Waals surface area (Å²) in [5.41, 5.74) is -1.52. The van der Waals surface area contributed by atoms with Gasteiger partial charge in [0.05, 0.1) is 32.6 Å². The molecule has 0 bridgehead atoms. The van der Waals surface area contributed by atoms with Gasteiger partial charge in [-0.05, 0) is 107 Å². The minimum absolute atomic E-state index is 0.0530. The van der Waals surface area contributed by atoms with Crippen LogP contribution in [0.4, 0.5) is 5.69 Å². The number of rotatable bonds is 17. The molecule has 0 saturated carbocycles. The van der Waals surface area contributed by atoms with Crippen molar-refractivity contribution >= 4 is 41.4 Å². The van der Waals surface area contributed by atoms with Gasteiger partial charge in [0.15, 0.2) is 0 Å². The Morgan fingerprint density at radius 2 is 0.966 bits per heavy atom. The van der Waals surface area contributed by atoms with Gasteiger partial charge in [0.25, 0.3) is 0 Å². The first kappa shape index (κ1) is 51.0. The maximum absolute atomic E-state index is 13.5. The number of carbonyl (C=O) groups excluding carboxylic acids is 5. The number of ether oxygens (including phenoxy) is 4. The molecule has 16 nitrogen and oxygen atoms in total. The zero-order valence-corrected chi connectivity index (χ0v) is 37.6. The van der Waals surface area contributed by atoms with E-state index < -0.39 is 52.3 Å². The fraction of sp³-hybridized carbons (Fsp3) is 0.721. The van der Waals surface area contributed by atoms with E-state index in [4.69, 9.17) is 24.1 Å². The van der Waals surface area contributed by atoms with Crippen LogP contribution in [0, 0.1) is 0 Å². The number of carbonyl (C=O) groups is 6. The van der Waals surface area contributed by atoms with Gasteiger partial charge in [0.2, 0.25) is 5.91 Å². The highest BCUT2D eigenvalue weighted by molar-refractivity contribution is 5.92. The molecular formula is C43H71N5O11. The number of benzene rings is 1. The number of hydrogen-bond donors (Lipinski definition) is 2. The van der Waals surface area contributed by atoms with Crippen molar-refractivity contribution in [3.8, 4) is 0 Å². The lowest BCUT2D eigenvalue weighted by molar-refractivity contribution is -0.161. The molecule has 0 aliphatic carbocycles. The molecule has 0 aromatic heterocycles. The van der Waals surface area contributed by atoms with Crippen molar-refractivity contribution in [2.45, 2.75) is 131 Å². The molecule has 1 aromatic rings. The Hall–Kier alpha value is -4.12. The van der Waals surface area contributed by atoms with Crippen LogP contribution in [-0.2, 0) is 54.1 Å². The van der Waals surface area contributed by atoms with Crippen LogP contribution in [0.1, 0.15) is 101 Å². The molecule has 0 radical (unpaired) electrons. The second kappa shape index (κ2) is 22.5. The van der Waals surface area contributed by atoms with Gasteiger partial charge < -0.3 is 29.4 Å². The van der Waals surface area contributed by atoms with Crippen molar-refractivity contribution in [2.24, 2.45) is 0 Å². The Balaban J connectivity index is 2.54. The van der Waals surface area contributed by atoms with E-state index in [9.17, 15) is 28.8 Å². The van der Waals surface area contributed by atoms with E-state index in [-0.39, 0.29) is 51.0 Å². The van der Waals surface area contributed by atoms with Crippen LogP contribution in [0.5, 0.6) is 0 Å². The van der Waals surface area contributed by atoms with Crippen molar-refractivity contribution < 1.29 is 52.8 Å². The Kier molecular flexibility index (Phi) is 19.4. The molecule has 334 valence electrons. The van der Waals surface area contributed by atoms with E-state index in [0.29, 0.717) is 57.9 Å². The van der Waals surface area contributed by atoms with Crippen LogP contribution in [0.2, 0.25) is 0 Å². The third-order valence-corrected chi connectivity index (χ3v) is 8.51. The van der Waals surface area contributed by atoms with Gasteiger partial charge in [0, 0.05) is 64.0 Å². The van der Waals surface area contributed by atoms with Gasteiger partial charge >= 0.3 is 29.8 Å². The number of carboxylic acids is 1. The predicted molar refractivity (Wildman–Crippen MR) is 224 cm³/mol. The lowest BCUT2D eigenvalue weighted by Gasteiger charge is -2.36. The first-order chi connectivity index (χ1) is 27.0. The summed E-state index contributed by atoms with van der Waals surface area (Å²) in [6.45, 7) is 24.7. The third kappa shape index (κ3) is 23.9. The van der Waals surface area contributed by atoms with Gasteiger partial charge in [0.1, 0.15) is 22.4 Å². The Morgan fingerprint density at radius 1 is 0.593 bits per heavy atom. The van der Waals surface area contributed by atoms with E-state index in [2.05, 4.69) is 10.2 Å². The molecular weight excluding hydrogens is 762 g/mol. The molecule has 2 rings (SSSR count). The highest BCUT2D eigenvalue weighted by atomic mass is 16.6. The number of anilines is 1. The van der Waals surface area contributed by atoms with E-state index in [1.54, 1.807) is 58.6 Å². The summed E-state index contributed by atoms with van der Waals surface area (Å²) >= 11 is 0. The van der Waals surface area contributed by atoms with Crippen LogP contribution in [0.25, 0.3) is 0 Å². The SMILES string of the molecule is CC(C)(C)OC(=O)CN1CCN(CC(=O)OC(C)(C)C)CCN(CC(Cc2ccc(NC(=O)CCC(=O)O)cc2)N(CC(=O)OC(C)(C)C)CC(=O)OC(C)(C)C)CC1. The Labute approximate surface area is 351 Å². The van der Waals surface area contributed by atoms with E-state index in [0.717, 1.165) is 5.56 Å². The van der Waals surface area contributed by atoms with Crippen molar-refractivity contribution in [1.82, 2.24) is 19.6 Å². The van der Waals surface area contributed by atoms with Gasteiger partial charge in [-0.15, -0.1) is 0 Å². The molecule has 1 aliphatic heterocycles. The highest BCUT2D eigenvalue weighted by Gasteiger charge is 2.31. The summed E-state index contributed by atoms with van der Waals surface area (Å²) in [6.07, 6.45) is -0.0764. The van der Waals surface area contributed by atoms with Crippen molar-refractivity contribution in [2.75, 3.05) is 77.3 Å². The van der Waals surface area contributed by atoms with E-state index in [1.807, 2.05) is 63.5 Å². The highest BCUT2D eigenvalue weighted by Crippen LogP contribution is 2.19. The summed E-state index contributed by atoms with van der Waals surface area (Å²) in [5, 5.41) is 11.7. The van der Waals surface area contributed by atoms with Crippen molar-refractivity contribution in [3.05, 3.63) is 29.8 Å². The van der Waals surface area contributed by atoms with E-state index >= 15 is 0 Å². The molecule has 1 aromatic carbocycles. The van der Waals surface area contributed by atoms with Crippen LogP contribution in [-0.4, -0.2) is 161 Å². The molecule has 1 unspecified atom stereocenters. The molecule has 1 aliphatic rings. The molecule has 0 spiro atoms. The molecule has 1 saturated heterocycles. The maximum Gasteiger partial charge on any atom is 0.320 e. The maximum atomic E-state index is 13.5. The fourth-order valence-electron chi connectivity index (χ4n) is 6.24.